The lowest BCUT2D eigenvalue weighted by Crippen LogP contribution is -2.46. The lowest BCUT2D eigenvalue weighted by atomic mass is 9.78. The average molecular weight is 1660 g/mol. The van der Waals surface area contributed by atoms with Crippen LogP contribution in [0.15, 0.2) is 130 Å². The summed E-state index contributed by atoms with van der Waals surface area (Å²) in [5.41, 5.74) is 15.6. The Bertz CT molecular complexity index is 6020. The molecule has 3 aromatic carbocycles. The van der Waals surface area contributed by atoms with Crippen LogP contribution in [0.5, 0.6) is 0 Å². The van der Waals surface area contributed by atoms with E-state index in [9.17, 15) is 24.0 Å². The Labute approximate surface area is 701 Å². The third-order valence-corrected chi connectivity index (χ3v) is 22.4. The Hall–Kier alpha value is -11.1. The second kappa shape index (κ2) is 32.2. The fourth-order valence-electron chi connectivity index (χ4n) is 16.0. The lowest BCUT2D eigenvalue weighted by molar-refractivity contribution is 0.0165. The van der Waals surface area contributed by atoms with E-state index in [2.05, 4.69) is 113 Å². The van der Waals surface area contributed by atoms with E-state index in [-0.39, 0.29) is 75.6 Å². The van der Waals surface area contributed by atoms with Crippen LogP contribution in [-0.4, -0.2) is 146 Å². The molecule has 5 N–H and O–H groups in total. The number of ether oxygens (including phenoxy) is 2. The van der Waals surface area contributed by atoms with Gasteiger partial charge in [0.2, 0.25) is 11.9 Å². The van der Waals surface area contributed by atoms with Gasteiger partial charge in [0.25, 0.3) is 16.7 Å². The molecule has 0 bridgehead atoms. The number of carbonyl (C=O) groups excluding carboxylic acids is 2. The highest BCUT2D eigenvalue weighted by Gasteiger charge is 2.39. The van der Waals surface area contributed by atoms with Crippen LogP contribution in [-0.2, 0) is 45.4 Å². The van der Waals surface area contributed by atoms with E-state index < -0.39 is 11.2 Å². The van der Waals surface area contributed by atoms with E-state index in [4.69, 9.17) is 35.4 Å². The average Bonchev–Trinajstić information content (AvgIpc) is 1.63. The van der Waals surface area contributed by atoms with Crippen molar-refractivity contribution < 1.29 is 19.1 Å². The van der Waals surface area contributed by atoms with Crippen LogP contribution in [0, 0.1) is 0 Å². The molecule has 3 saturated carbocycles. The number of nitrogens with two attached hydrogens (primary N) is 1. The minimum atomic E-state index is -0.563. The van der Waals surface area contributed by atoms with Gasteiger partial charge in [-0.1, -0.05) is 71.5 Å². The highest BCUT2D eigenvalue weighted by atomic mass is 35.5. The van der Waals surface area contributed by atoms with Gasteiger partial charge in [0.05, 0.1) is 18.1 Å². The van der Waals surface area contributed by atoms with E-state index in [1.54, 1.807) is 47.1 Å². The first-order chi connectivity index (χ1) is 55.8. The van der Waals surface area contributed by atoms with Crippen molar-refractivity contribution in [3.05, 3.63) is 174 Å². The van der Waals surface area contributed by atoms with Crippen molar-refractivity contribution in [1.29, 1.82) is 0 Å². The molecule has 33 heteroatoms. The van der Waals surface area contributed by atoms with E-state index in [0.717, 1.165) is 72.8 Å². The largest absolute Gasteiger partial charge is 0.444 e. The number of nitrogen functional groups attached to an aromatic ring is 1. The minimum Gasteiger partial charge on any atom is -0.444 e. The molecule has 0 unspecified atom stereocenters. The van der Waals surface area contributed by atoms with Crippen molar-refractivity contribution in [3.63, 3.8) is 0 Å². The summed E-state index contributed by atoms with van der Waals surface area (Å²) in [6, 6.07) is 25.5. The van der Waals surface area contributed by atoms with Gasteiger partial charge in [-0.2, -0.15) is 25.3 Å². The van der Waals surface area contributed by atoms with Crippen LogP contribution >= 0.6 is 24.2 Å². The third kappa shape index (κ3) is 17.7. The number of hydrogen-bond donors (Lipinski definition) is 4. The van der Waals surface area contributed by atoms with Crippen molar-refractivity contribution in [1.82, 2.24) is 102 Å². The van der Waals surface area contributed by atoms with Crippen LogP contribution in [0.2, 0.25) is 0 Å². The number of rotatable bonds is 14. The molecule has 0 atom stereocenters. The molecule has 3 aliphatic carbocycles. The Morgan fingerprint density at radius 3 is 1.24 bits per heavy atom. The van der Waals surface area contributed by atoms with Gasteiger partial charge in [0.15, 0.2) is 39.6 Å². The van der Waals surface area contributed by atoms with E-state index >= 15 is 0 Å². The smallest absolute Gasteiger partial charge is 0.410 e. The lowest BCUT2D eigenvalue weighted by Gasteiger charge is -2.40. The highest BCUT2D eigenvalue weighted by Crippen LogP contribution is 2.41. The van der Waals surface area contributed by atoms with Gasteiger partial charge in [0, 0.05) is 146 Å². The van der Waals surface area contributed by atoms with Crippen LogP contribution in [0.25, 0.3) is 50.6 Å². The molecule has 9 aromatic heterocycles. The first kappa shape index (κ1) is 84.3. The minimum absolute atomic E-state index is 0. The van der Waals surface area contributed by atoms with Gasteiger partial charge in [-0.25, -0.2) is 57.6 Å². The predicted molar refractivity (Wildman–Crippen MR) is 466 cm³/mol. The van der Waals surface area contributed by atoms with E-state index in [0.29, 0.717) is 106 Å². The van der Waals surface area contributed by atoms with Gasteiger partial charge in [-0.05, 0) is 198 Å². The maximum absolute atomic E-state index is 13.3. The molecule has 3 aliphatic heterocycles. The zero-order valence-corrected chi connectivity index (χ0v) is 73.2. The van der Waals surface area contributed by atoms with Crippen molar-refractivity contribution in [3.8, 4) is 17.5 Å². The van der Waals surface area contributed by atoms with Crippen LogP contribution < -0.4 is 38.4 Å². The molecule has 0 radical (unpaired) electrons. The number of thioether (sulfide) groups is 1. The molecule has 630 valence electrons. The predicted octanol–water partition coefficient (Wildman–Crippen LogP) is 15.4. The number of nitrogens with zero attached hydrogens (tertiary/aromatic N) is 20. The summed E-state index contributed by atoms with van der Waals surface area (Å²) in [5.74, 6) is 2.89. The summed E-state index contributed by atoms with van der Waals surface area (Å²) in [6.07, 6.45) is 18.9. The van der Waals surface area contributed by atoms with Crippen molar-refractivity contribution in [2.75, 3.05) is 42.3 Å². The summed E-state index contributed by atoms with van der Waals surface area (Å²) >= 11 is 1.46. The Kier molecular flexibility index (Phi) is 22.8. The molecule has 2 amide bonds. The number of hydrogen-bond acceptors (Lipinski definition) is 21. The third-order valence-electron chi connectivity index (χ3n) is 21.8. The van der Waals surface area contributed by atoms with Crippen molar-refractivity contribution >= 4 is 98.4 Å². The molecule has 18 rings (SSSR count). The number of fused-ring (bicyclic) bond motifs is 6. The monoisotopic (exact) mass is 1660 g/mol. The molecule has 31 nitrogen and oxygen atoms in total. The highest BCUT2D eigenvalue weighted by molar-refractivity contribution is 7.98. The number of nitrogens with one attached hydrogen (secondary N) is 3. The van der Waals surface area contributed by atoms with Crippen LogP contribution in [0.3, 0.4) is 0 Å². The van der Waals surface area contributed by atoms with Gasteiger partial charge < -0.3 is 41.0 Å². The summed E-state index contributed by atoms with van der Waals surface area (Å²) in [4.78, 5) is 95.3. The Morgan fingerprint density at radius 1 is 0.504 bits per heavy atom. The second-order valence-electron chi connectivity index (χ2n) is 36.6. The summed E-state index contributed by atoms with van der Waals surface area (Å²) in [5, 5.41) is 26.4. The molecule has 6 aliphatic rings. The fraction of sp³-hybridized carbons (Fsp3) is 0.488. The van der Waals surface area contributed by atoms with Gasteiger partial charge in [-0.15, -0.1) is 12.4 Å². The van der Waals surface area contributed by atoms with Gasteiger partial charge in [0.1, 0.15) is 27.4 Å². The van der Waals surface area contributed by atoms with Gasteiger partial charge >= 0.3 is 12.2 Å². The van der Waals surface area contributed by atoms with E-state index in [1.165, 1.54) is 46.9 Å². The Morgan fingerprint density at radius 2 is 0.866 bits per heavy atom. The summed E-state index contributed by atoms with van der Waals surface area (Å²) in [7, 11) is 0. The number of benzene rings is 3. The normalized spacial score (nSPS) is 16.6. The molecule has 119 heavy (non-hydrogen) atoms. The molecular formula is C86H111ClN24O7S. The quantitative estimate of drug-likeness (QED) is 0.0446. The molecule has 0 saturated heterocycles. The van der Waals surface area contributed by atoms with E-state index in [1.807, 2.05) is 174 Å². The first-order valence-electron chi connectivity index (χ1n) is 40.9. The SMILES string of the molecule is CC(C)(C)OC(=O)N1Cc2cc(N)ccc2C(C)(C)C1.CC(C)n1c(=O)c2cnc(Nc3ccc4c(c3)CN(C(=O)OC(C)(C)C)CC4(C)C)nc2n1-c1ccn(C2CC2)n1.CC(C)n1c(=O)c2cnc(Nc3ccc4c(c3)CNCC4(C)C)nc2n1-c1ccn(C2CC2)n1.CSc1ncc2c(=O)n(C(C)C)n(-c3ccn(C4CC4)n3)c2n1.Cl. The zero-order valence-electron chi connectivity index (χ0n) is 71.5. The molecule has 12 heterocycles. The maximum Gasteiger partial charge on any atom is 0.410 e. The number of anilines is 5. The van der Waals surface area contributed by atoms with Crippen molar-refractivity contribution in [2.24, 2.45) is 0 Å². The number of halogens is 1. The molecule has 3 fully saturated rings. The topological polar surface area (TPSA) is 333 Å². The van der Waals surface area contributed by atoms with Gasteiger partial charge in [-0.3, -0.25) is 28.4 Å². The zero-order chi connectivity index (χ0) is 84.1. The van der Waals surface area contributed by atoms with Crippen molar-refractivity contribution in [2.45, 2.75) is 252 Å². The standard InChI is InChI=1S/C30H38N8O3.C25H30N8O.C16H24N2O2.C15H18N6OS.ClH/c1-18(2)37-26(39)22-15-31-27(33-25(22)38(37)24-12-13-36(34-24)21-9-10-21)32-20-8-11-23-19(14-20)16-35(17-30(23,6)7)28(40)41-29(3,4)5;1-15(2)32-23(34)19-13-27-24(28-17-5-8-20-16(11-17)12-26-14-25(20,3)4)29-22(19)33(32)21-9-10-31(30-21)18-6-7-18;1-15(2,3)20-14(19)18-9-11-8-12(17)6-7-13(11)16(4,5)10-18;1-9(2)20-14(22)11-8-16-15(23-3)17-13(11)21(20)12-6-7-19(18-12)10-4-5-10;/h8,11-15,18,21H,9-10,16-17H2,1-7H3,(H,31,32,33);5,8-11,13,15,18,26H,6-7,12,14H2,1-4H3,(H,27,28,29);6-8H,9-10,17H2,1-5H3;6-10H,4-5H2,1-3H3;1H. The fourth-order valence-corrected chi connectivity index (χ4v) is 16.3. The molecule has 0 spiro atoms. The number of aromatic nitrogens is 18. The molecular weight excluding hydrogens is 1550 g/mol. The number of carbonyl (C=O) groups is 2. The first-order valence-corrected chi connectivity index (χ1v) is 42.1. The number of amides is 2. The summed E-state index contributed by atoms with van der Waals surface area (Å²) < 4.78 is 27.6. The van der Waals surface area contributed by atoms with Crippen LogP contribution in [0.1, 0.15) is 233 Å². The summed E-state index contributed by atoms with van der Waals surface area (Å²) in [6.45, 7) is 40.2. The van der Waals surface area contributed by atoms with Crippen LogP contribution in [0.4, 0.5) is 38.5 Å². The Balaban J connectivity index is 0.000000135. The maximum atomic E-state index is 13.3. The second-order valence-corrected chi connectivity index (χ2v) is 37.4. The molecule has 12 aromatic rings.